The van der Waals surface area contributed by atoms with Crippen molar-refractivity contribution in [2.75, 3.05) is 27.2 Å². The predicted molar refractivity (Wildman–Crippen MR) is 49.1 cm³/mol. The first-order chi connectivity index (χ1) is 6.45. The number of hydrogen-bond acceptors (Lipinski definition) is 2. The van der Waals surface area contributed by atoms with E-state index in [4.69, 9.17) is 0 Å². The maximum atomic E-state index is 12.6. The van der Waals surface area contributed by atoms with Crippen molar-refractivity contribution in [2.24, 2.45) is 5.92 Å². The first-order valence-electron chi connectivity index (χ1n) is 4.87. The summed E-state index contributed by atoms with van der Waals surface area (Å²) in [4.78, 5) is 1.96. The normalized spacial score (nSPS) is 27.6. The Labute approximate surface area is 82.5 Å². The molecule has 1 aliphatic rings. The van der Waals surface area contributed by atoms with Gasteiger partial charge in [0.1, 0.15) is 6.04 Å². The molecule has 0 aromatic carbocycles. The van der Waals surface area contributed by atoms with Crippen LogP contribution in [0.1, 0.15) is 12.8 Å². The van der Waals surface area contributed by atoms with Crippen molar-refractivity contribution in [3.8, 4) is 0 Å². The Hall–Kier alpha value is -0.290. The SMILES string of the molecule is CNC(C1CCCN(C)C1)C(F)(F)F. The number of nitrogens with one attached hydrogen (secondary N) is 1. The third-order valence-corrected chi connectivity index (χ3v) is 2.80. The molecule has 1 N–H and O–H groups in total. The quantitative estimate of drug-likeness (QED) is 0.742. The summed E-state index contributed by atoms with van der Waals surface area (Å²) in [5.41, 5.74) is 0. The van der Waals surface area contributed by atoms with E-state index in [1.807, 2.05) is 11.9 Å². The van der Waals surface area contributed by atoms with Gasteiger partial charge in [-0.05, 0) is 39.4 Å². The van der Waals surface area contributed by atoms with E-state index in [0.29, 0.717) is 13.0 Å². The number of rotatable bonds is 2. The first-order valence-corrected chi connectivity index (χ1v) is 4.87. The van der Waals surface area contributed by atoms with Gasteiger partial charge in [0, 0.05) is 6.54 Å². The van der Waals surface area contributed by atoms with Gasteiger partial charge in [0.2, 0.25) is 0 Å². The number of nitrogens with zero attached hydrogens (tertiary/aromatic N) is 1. The van der Waals surface area contributed by atoms with Crippen molar-refractivity contribution >= 4 is 0 Å². The van der Waals surface area contributed by atoms with Crippen molar-refractivity contribution in [3.63, 3.8) is 0 Å². The molecule has 2 atom stereocenters. The molecule has 1 saturated heterocycles. The number of hydrogen-bond donors (Lipinski definition) is 1. The molecular formula is C9H17F3N2. The van der Waals surface area contributed by atoms with Gasteiger partial charge in [-0.25, -0.2) is 0 Å². The highest BCUT2D eigenvalue weighted by Crippen LogP contribution is 2.30. The summed E-state index contributed by atoms with van der Waals surface area (Å²) in [6, 6.07) is -1.36. The highest BCUT2D eigenvalue weighted by molar-refractivity contribution is 4.85. The van der Waals surface area contributed by atoms with Crippen molar-refractivity contribution in [2.45, 2.75) is 25.1 Å². The molecule has 0 radical (unpaired) electrons. The van der Waals surface area contributed by atoms with Gasteiger partial charge in [-0.1, -0.05) is 0 Å². The van der Waals surface area contributed by atoms with Gasteiger partial charge in [-0.15, -0.1) is 0 Å². The summed E-state index contributed by atoms with van der Waals surface area (Å²) >= 11 is 0. The van der Waals surface area contributed by atoms with Crippen LogP contribution in [0.3, 0.4) is 0 Å². The molecule has 5 heteroatoms. The van der Waals surface area contributed by atoms with Gasteiger partial charge in [0.25, 0.3) is 0 Å². The highest BCUT2D eigenvalue weighted by atomic mass is 19.4. The minimum atomic E-state index is -4.13. The van der Waals surface area contributed by atoms with Crippen LogP contribution in [0.4, 0.5) is 13.2 Å². The molecule has 2 nitrogen and oxygen atoms in total. The lowest BCUT2D eigenvalue weighted by Gasteiger charge is -2.35. The third-order valence-electron chi connectivity index (χ3n) is 2.80. The Kier molecular flexibility index (Phi) is 3.78. The number of alkyl halides is 3. The topological polar surface area (TPSA) is 15.3 Å². The molecule has 0 spiro atoms. The molecule has 1 rings (SSSR count). The second kappa shape index (κ2) is 4.49. The second-order valence-electron chi connectivity index (χ2n) is 3.97. The summed E-state index contributed by atoms with van der Waals surface area (Å²) in [6.07, 6.45) is -2.61. The van der Waals surface area contributed by atoms with E-state index in [1.165, 1.54) is 7.05 Å². The summed E-state index contributed by atoms with van der Waals surface area (Å²) in [5.74, 6) is -0.307. The molecule has 0 aromatic rings. The predicted octanol–water partition coefficient (Wildman–Crippen LogP) is 1.48. The highest BCUT2D eigenvalue weighted by Gasteiger charge is 2.44. The van der Waals surface area contributed by atoms with Crippen LogP contribution in [-0.2, 0) is 0 Å². The van der Waals surface area contributed by atoms with Crippen LogP contribution in [0.2, 0.25) is 0 Å². The Morgan fingerprint density at radius 3 is 2.50 bits per heavy atom. The van der Waals surface area contributed by atoms with E-state index < -0.39 is 12.2 Å². The van der Waals surface area contributed by atoms with Gasteiger partial charge in [-0.3, -0.25) is 0 Å². The molecule has 0 amide bonds. The van der Waals surface area contributed by atoms with Gasteiger partial charge in [-0.2, -0.15) is 13.2 Å². The average molecular weight is 210 g/mol. The van der Waals surface area contributed by atoms with E-state index in [9.17, 15) is 13.2 Å². The molecule has 0 aromatic heterocycles. The molecule has 14 heavy (non-hydrogen) atoms. The zero-order valence-corrected chi connectivity index (χ0v) is 8.56. The van der Waals surface area contributed by atoms with Gasteiger partial charge < -0.3 is 10.2 Å². The molecule has 84 valence electrons. The van der Waals surface area contributed by atoms with E-state index in [2.05, 4.69) is 5.32 Å². The maximum absolute atomic E-state index is 12.6. The fourth-order valence-corrected chi connectivity index (χ4v) is 2.15. The van der Waals surface area contributed by atoms with Gasteiger partial charge in [0.15, 0.2) is 0 Å². The minimum Gasteiger partial charge on any atom is -0.309 e. The molecule has 1 heterocycles. The van der Waals surface area contributed by atoms with E-state index >= 15 is 0 Å². The molecular weight excluding hydrogens is 193 g/mol. The lowest BCUT2D eigenvalue weighted by atomic mass is 9.90. The van der Waals surface area contributed by atoms with Crippen molar-refractivity contribution in [1.82, 2.24) is 10.2 Å². The number of halogens is 3. The fourth-order valence-electron chi connectivity index (χ4n) is 2.15. The van der Waals surface area contributed by atoms with Crippen LogP contribution in [0.25, 0.3) is 0 Å². The zero-order chi connectivity index (χ0) is 10.8. The zero-order valence-electron chi connectivity index (χ0n) is 8.56. The first kappa shape index (κ1) is 11.8. The summed E-state index contributed by atoms with van der Waals surface area (Å²) in [5, 5.41) is 2.38. The molecule has 2 unspecified atom stereocenters. The van der Waals surface area contributed by atoms with Crippen molar-refractivity contribution in [1.29, 1.82) is 0 Å². The van der Waals surface area contributed by atoms with Crippen LogP contribution < -0.4 is 5.32 Å². The lowest BCUT2D eigenvalue weighted by Crippen LogP contribution is -2.51. The molecule has 1 fully saturated rings. The molecule has 0 saturated carbocycles. The van der Waals surface area contributed by atoms with Crippen LogP contribution in [0.15, 0.2) is 0 Å². The van der Waals surface area contributed by atoms with Crippen molar-refractivity contribution < 1.29 is 13.2 Å². The van der Waals surface area contributed by atoms with Crippen LogP contribution >= 0.6 is 0 Å². The number of piperidine rings is 1. The van der Waals surface area contributed by atoms with Gasteiger partial charge in [0.05, 0.1) is 0 Å². The largest absolute Gasteiger partial charge is 0.404 e. The second-order valence-corrected chi connectivity index (χ2v) is 3.97. The molecule has 1 aliphatic heterocycles. The average Bonchev–Trinajstić information content (AvgIpc) is 2.02. The Morgan fingerprint density at radius 1 is 1.43 bits per heavy atom. The van der Waals surface area contributed by atoms with Gasteiger partial charge >= 0.3 is 6.18 Å². The minimum absolute atomic E-state index is 0.307. The van der Waals surface area contributed by atoms with Crippen LogP contribution in [0, 0.1) is 5.92 Å². The standard InChI is InChI=1S/C9H17F3N2/c1-13-8(9(10,11)12)7-4-3-5-14(2)6-7/h7-8,13H,3-6H2,1-2H3. The summed E-state index contributed by atoms with van der Waals surface area (Å²) in [6.45, 7) is 1.44. The molecule has 0 aliphatic carbocycles. The smallest absolute Gasteiger partial charge is 0.309 e. The van der Waals surface area contributed by atoms with E-state index in [1.54, 1.807) is 0 Å². The summed E-state index contributed by atoms with van der Waals surface area (Å²) in [7, 11) is 3.25. The Morgan fingerprint density at radius 2 is 2.07 bits per heavy atom. The maximum Gasteiger partial charge on any atom is 0.404 e. The van der Waals surface area contributed by atoms with Crippen LogP contribution in [0.5, 0.6) is 0 Å². The van der Waals surface area contributed by atoms with Crippen molar-refractivity contribution in [3.05, 3.63) is 0 Å². The monoisotopic (exact) mass is 210 g/mol. The van der Waals surface area contributed by atoms with E-state index in [0.717, 1.165) is 13.0 Å². The van der Waals surface area contributed by atoms with E-state index in [-0.39, 0.29) is 5.92 Å². The fraction of sp³-hybridized carbons (Fsp3) is 1.00. The number of likely N-dealkylation sites (tertiary alicyclic amines) is 1. The molecule has 0 bridgehead atoms. The lowest BCUT2D eigenvalue weighted by molar-refractivity contribution is -0.170. The Balaban J connectivity index is 2.60. The summed E-state index contributed by atoms with van der Waals surface area (Å²) < 4.78 is 37.7. The third kappa shape index (κ3) is 2.85. The Bertz CT molecular complexity index is 181. The van der Waals surface area contributed by atoms with Crippen LogP contribution in [-0.4, -0.2) is 44.3 Å².